The van der Waals surface area contributed by atoms with E-state index in [9.17, 15) is 4.79 Å². The monoisotopic (exact) mass is 380 g/mol. The van der Waals surface area contributed by atoms with Crippen LogP contribution in [-0.4, -0.2) is 47.0 Å². The molecule has 1 fully saturated rings. The quantitative estimate of drug-likeness (QED) is 0.860. The minimum Gasteiger partial charge on any atom is -0.351 e. The molecule has 1 amide bonds. The normalized spacial score (nSPS) is 18.5. The molecule has 28 heavy (non-hydrogen) atoms. The van der Waals surface area contributed by atoms with Crippen LogP contribution in [0.2, 0.25) is 0 Å². The molecule has 0 bridgehead atoms. The highest BCUT2D eigenvalue weighted by Gasteiger charge is 2.24. The van der Waals surface area contributed by atoms with Crippen LogP contribution >= 0.6 is 0 Å². The van der Waals surface area contributed by atoms with E-state index in [1.54, 1.807) is 0 Å². The Hall–Kier alpha value is -2.14. The maximum Gasteiger partial charge on any atom is 0.271 e. The van der Waals surface area contributed by atoms with Crippen molar-refractivity contribution < 1.29 is 4.79 Å². The summed E-state index contributed by atoms with van der Waals surface area (Å²) in [6, 6.07) is 10.3. The Bertz CT molecular complexity index is 790. The van der Waals surface area contributed by atoms with Crippen molar-refractivity contribution in [3.8, 4) is 11.4 Å². The predicted molar refractivity (Wildman–Crippen MR) is 112 cm³/mol. The molecular weight excluding hydrogens is 348 g/mol. The van der Waals surface area contributed by atoms with Gasteiger partial charge in [-0.05, 0) is 64.6 Å². The summed E-state index contributed by atoms with van der Waals surface area (Å²) in [7, 11) is 2.19. The summed E-state index contributed by atoms with van der Waals surface area (Å²) < 4.78 is 2.29. The fraction of sp³-hybridized carbons (Fsp3) is 0.565. The van der Waals surface area contributed by atoms with Crippen molar-refractivity contribution in [2.75, 3.05) is 26.7 Å². The number of hydrogen-bond donors (Lipinski definition) is 1. The lowest BCUT2D eigenvalue weighted by Gasteiger charge is -2.28. The summed E-state index contributed by atoms with van der Waals surface area (Å²) in [5.74, 6) is 1.68. The Balaban J connectivity index is 1.47. The molecule has 2 aliphatic rings. The number of hydrogen-bond acceptors (Lipinski definition) is 3. The Morgan fingerprint density at radius 1 is 1.11 bits per heavy atom. The summed E-state index contributed by atoms with van der Waals surface area (Å²) in [6.45, 7) is 4.05. The van der Waals surface area contributed by atoms with Crippen LogP contribution in [0.3, 0.4) is 0 Å². The van der Waals surface area contributed by atoms with Crippen LogP contribution in [0.15, 0.2) is 30.3 Å². The summed E-state index contributed by atoms with van der Waals surface area (Å²) >= 11 is 0. The second-order valence-corrected chi connectivity index (χ2v) is 8.35. The molecule has 2 aliphatic heterocycles. The first-order valence-electron chi connectivity index (χ1n) is 10.8. The summed E-state index contributed by atoms with van der Waals surface area (Å²) in [6.07, 6.45) is 8.00. The fourth-order valence-corrected chi connectivity index (χ4v) is 4.53. The van der Waals surface area contributed by atoms with E-state index >= 15 is 0 Å². The van der Waals surface area contributed by atoms with Crippen LogP contribution in [0.25, 0.3) is 11.4 Å². The summed E-state index contributed by atoms with van der Waals surface area (Å²) in [4.78, 5) is 20.2. The van der Waals surface area contributed by atoms with Gasteiger partial charge in [-0.1, -0.05) is 36.8 Å². The van der Waals surface area contributed by atoms with Crippen LogP contribution in [0.4, 0.5) is 0 Å². The zero-order chi connectivity index (χ0) is 19.3. The third-order valence-corrected chi connectivity index (χ3v) is 6.29. The maximum atomic E-state index is 13.0. The van der Waals surface area contributed by atoms with Gasteiger partial charge in [0.25, 0.3) is 5.91 Å². The number of carbonyl (C=O) groups is 1. The average molecular weight is 381 g/mol. The van der Waals surface area contributed by atoms with E-state index in [4.69, 9.17) is 4.98 Å². The Labute approximate surface area is 168 Å². The minimum atomic E-state index is 0.000702. The molecule has 0 atom stereocenters. The molecule has 0 radical (unpaired) electrons. The number of piperidine rings is 1. The van der Waals surface area contributed by atoms with E-state index < -0.39 is 0 Å². The standard InChI is InChI=1S/C23H32N4O/c1-26-16-12-18(13-17-26)11-14-24-23(28)21-20-10-6-3-7-15-27(20)22(25-21)19-8-4-2-5-9-19/h2,4-5,8-9,18H,3,6-7,10-17H2,1H3,(H,24,28). The molecule has 2 aromatic rings. The third-order valence-electron chi connectivity index (χ3n) is 6.29. The van der Waals surface area contributed by atoms with Gasteiger partial charge in [-0.15, -0.1) is 0 Å². The Kier molecular flexibility index (Phi) is 6.10. The van der Waals surface area contributed by atoms with Gasteiger partial charge in [0.05, 0.1) is 5.69 Å². The van der Waals surface area contributed by atoms with E-state index in [1.165, 1.54) is 32.4 Å². The largest absolute Gasteiger partial charge is 0.351 e. The van der Waals surface area contributed by atoms with E-state index in [0.717, 1.165) is 61.8 Å². The van der Waals surface area contributed by atoms with Crippen LogP contribution in [0, 0.1) is 5.92 Å². The maximum absolute atomic E-state index is 13.0. The first-order chi connectivity index (χ1) is 13.7. The highest BCUT2D eigenvalue weighted by molar-refractivity contribution is 5.94. The summed E-state index contributed by atoms with van der Waals surface area (Å²) in [5, 5.41) is 3.16. The lowest BCUT2D eigenvalue weighted by Crippen LogP contribution is -2.33. The first kappa shape index (κ1) is 19.2. The molecule has 5 nitrogen and oxygen atoms in total. The van der Waals surface area contributed by atoms with Crippen molar-refractivity contribution in [1.29, 1.82) is 0 Å². The number of aromatic nitrogens is 2. The smallest absolute Gasteiger partial charge is 0.271 e. The number of fused-ring (bicyclic) bond motifs is 1. The number of amides is 1. The molecule has 0 spiro atoms. The molecular formula is C23H32N4O. The van der Waals surface area contributed by atoms with Gasteiger partial charge in [0.1, 0.15) is 11.5 Å². The lowest BCUT2D eigenvalue weighted by atomic mass is 9.94. The van der Waals surface area contributed by atoms with Gasteiger partial charge in [-0.3, -0.25) is 4.79 Å². The molecule has 1 aromatic carbocycles. The van der Waals surface area contributed by atoms with Gasteiger partial charge in [-0.2, -0.15) is 0 Å². The fourth-order valence-electron chi connectivity index (χ4n) is 4.53. The van der Waals surface area contributed by atoms with Crippen LogP contribution in [0.5, 0.6) is 0 Å². The van der Waals surface area contributed by atoms with Gasteiger partial charge in [0.15, 0.2) is 0 Å². The average Bonchev–Trinajstić information content (AvgIpc) is 2.91. The SMILES string of the molecule is CN1CCC(CCNC(=O)c2nc(-c3ccccc3)n3c2CCCCC3)CC1. The van der Waals surface area contributed by atoms with Gasteiger partial charge in [0.2, 0.25) is 0 Å². The molecule has 3 heterocycles. The van der Waals surface area contributed by atoms with Crippen molar-refractivity contribution in [3.63, 3.8) is 0 Å². The van der Waals surface area contributed by atoms with Crippen LogP contribution in [-0.2, 0) is 13.0 Å². The third kappa shape index (κ3) is 4.30. The highest BCUT2D eigenvalue weighted by atomic mass is 16.1. The highest BCUT2D eigenvalue weighted by Crippen LogP contribution is 2.27. The van der Waals surface area contributed by atoms with Gasteiger partial charge in [0, 0.05) is 18.7 Å². The predicted octanol–water partition coefficient (Wildman–Crippen LogP) is 3.74. The molecule has 1 aromatic heterocycles. The molecule has 1 N–H and O–H groups in total. The van der Waals surface area contributed by atoms with Gasteiger partial charge in [-0.25, -0.2) is 4.98 Å². The number of benzene rings is 1. The molecule has 0 aliphatic carbocycles. The Morgan fingerprint density at radius 3 is 2.68 bits per heavy atom. The minimum absolute atomic E-state index is 0.000702. The zero-order valence-electron chi connectivity index (χ0n) is 17.0. The van der Waals surface area contributed by atoms with Crippen molar-refractivity contribution in [2.24, 2.45) is 5.92 Å². The molecule has 150 valence electrons. The van der Waals surface area contributed by atoms with E-state index in [0.29, 0.717) is 5.69 Å². The molecule has 5 heteroatoms. The summed E-state index contributed by atoms with van der Waals surface area (Å²) in [5.41, 5.74) is 2.85. The van der Waals surface area contributed by atoms with Crippen molar-refractivity contribution in [2.45, 2.75) is 51.5 Å². The van der Waals surface area contributed by atoms with Crippen molar-refractivity contribution in [1.82, 2.24) is 19.8 Å². The van der Waals surface area contributed by atoms with Gasteiger partial charge >= 0.3 is 0 Å². The van der Waals surface area contributed by atoms with Crippen molar-refractivity contribution in [3.05, 3.63) is 41.7 Å². The first-order valence-corrected chi connectivity index (χ1v) is 10.8. The number of imidazole rings is 1. The zero-order valence-corrected chi connectivity index (χ0v) is 17.0. The van der Waals surface area contributed by atoms with E-state index in [1.807, 2.05) is 18.2 Å². The molecule has 1 saturated heterocycles. The van der Waals surface area contributed by atoms with E-state index in [2.05, 4.69) is 34.0 Å². The van der Waals surface area contributed by atoms with Crippen molar-refractivity contribution >= 4 is 5.91 Å². The van der Waals surface area contributed by atoms with Crippen LogP contribution < -0.4 is 5.32 Å². The lowest BCUT2D eigenvalue weighted by molar-refractivity contribution is 0.0943. The second kappa shape index (κ2) is 8.91. The molecule has 0 saturated carbocycles. The topological polar surface area (TPSA) is 50.2 Å². The number of rotatable bonds is 5. The molecule has 0 unspecified atom stereocenters. The Morgan fingerprint density at radius 2 is 1.89 bits per heavy atom. The van der Waals surface area contributed by atoms with Crippen LogP contribution in [0.1, 0.15) is 54.7 Å². The number of carbonyl (C=O) groups excluding carboxylic acids is 1. The molecule has 4 rings (SSSR count). The second-order valence-electron chi connectivity index (χ2n) is 8.35. The van der Waals surface area contributed by atoms with E-state index in [-0.39, 0.29) is 5.91 Å². The number of likely N-dealkylation sites (tertiary alicyclic amines) is 1. The van der Waals surface area contributed by atoms with Gasteiger partial charge < -0.3 is 14.8 Å². The number of nitrogens with one attached hydrogen (secondary N) is 1. The number of nitrogens with zero attached hydrogens (tertiary/aromatic N) is 3.